The summed E-state index contributed by atoms with van der Waals surface area (Å²) in [5.74, 6) is 0. The van der Waals surface area contributed by atoms with Crippen molar-refractivity contribution in [3.05, 3.63) is 204 Å². The molecule has 0 atom stereocenters. The first-order chi connectivity index (χ1) is 29.5. The summed E-state index contributed by atoms with van der Waals surface area (Å²) in [6, 6.07) is 42.5. The van der Waals surface area contributed by atoms with Crippen LogP contribution in [0, 0.1) is 0 Å². The minimum Gasteiger partial charge on any atom is -0.356 e. The summed E-state index contributed by atoms with van der Waals surface area (Å²) in [6.07, 6.45) is 28.3. The number of rotatable bonds is 16. The summed E-state index contributed by atoms with van der Waals surface area (Å²) in [6.45, 7) is 23.4. The van der Waals surface area contributed by atoms with Gasteiger partial charge in [-0.25, -0.2) is 0 Å². The summed E-state index contributed by atoms with van der Waals surface area (Å²) in [5.41, 5.74) is 11.6. The first kappa shape index (κ1) is 48.1. The van der Waals surface area contributed by atoms with Crippen molar-refractivity contribution in [2.45, 2.75) is 125 Å². The van der Waals surface area contributed by atoms with E-state index in [-0.39, 0.29) is 10.8 Å². The van der Waals surface area contributed by atoms with Gasteiger partial charge in [-0.2, -0.15) is 0 Å². The summed E-state index contributed by atoms with van der Waals surface area (Å²) < 4.78 is 0. The predicted octanol–water partition coefficient (Wildman–Crippen LogP) is 18.0. The fourth-order valence-electron chi connectivity index (χ4n) is 7.79. The molecule has 0 fully saturated rings. The minimum atomic E-state index is 0.161. The highest BCUT2D eigenvalue weighted by atomic mass is 15.1. The number of hydrogen-bond acceptors (Lipinski definition) is 2. The van der Waals surface area contributed by atoms with E-state index in [1.807, 2.05) is 6.92 Å². The molecule has 1 aliphatic rings. The second-order valence-electron chi connectivity index (χ2n) is 17.3. The lowest BCUT2D eigenvalue weighted by Crippen LogP contribution is -2.17. The van der Waals surface area contributed by atoms with Crippen molar-refractivity contribution >= 4 is 33.5 Å². The average Bonchev–Trinajstić information content (AvgIpc) is 3.27. The molecule has 61 heavy (non-hydrogen) atoms. The van der Waals surface area contributed by atoms with Gasteiger partial charge >= 0.3 is 0 Å². The number of allylic oxidation sites excluding steroid dienone is 10. The molecule has 0 bridgehead atoms. The van der Waals surface area contributed by atoms with Crippen LogP contribution in [0.25, 0.3) is 10.8 Å². The smallest absolute Gasteiger partial charge is 0.0468 e. The lowest BCUT2D eigenvalue weighted by molar-refractivity contribution is 0.458. The zero-order valence-electron chi connectivity index (χ0n) is 39.0. The topological polar surface area (TPSA) is 15.3 Å². The van der Waals surface area contributed by atoms with Gasteiger partial charge in [0.15, 0.2) is 0 Å². The van der Waals surface area contributed by atoms with Crippen LogP contribution in [-0.2, 0) is 17.3 Å². The number of hydrogen-bond donors (Lipinski definition) is 1. The summed E-state index contributed by atoms with van der Waals surface area (Å²) >= 11 is 0. The number of fused-ring (bicyclic) bond motifs is 1. The van der Waals surface area contributed by atoms with Crippen molar-refractivity contribution in [1.82, 2.24) is 0 Å². The Hall–Kier alpha value is -5.60. The van der Waals surface area contributed by atoms with E-state index in [1.54, 1.807) is 6.08 Å². The van der Waals surface area contributed by atoms with E-state index >= 15 is 0 Å². The predicted molar refractivity (Wildman–Crippen MR) is 273 cm³/mol. The number of unbranched alkanes of at least 4 members (excludes halogenated alkanes) is 1. The summed E-state index contributed by atoms with van der Waals surface area (Å²) in [7, 11) is 0. The Labute approximate surface area is 371 Å². The van der Waals surface area contributed by atoms with Gasteiger partial charge in [0.2, 0.25) is 0 Å². The molecule has 0 heterocycles. The molecule has 0 amide bonds. The Morgan fingerprint density at radius 2 is 1.28 bits per heavy atom. The molecule has 0 radical (unpaired) electrons. The van der Waals surface area contributed by atoms with Gasteiger partial charge in [-0.05, 0) is 144 Å². The van der Waals surface area contributed by atoms with Crippen molar-refractivity contribution in [1.29, 1.82) is 0 Å². The number of nitrogens with zero attached hydrogens (tertiary/aromatic N) is 1. The SMILES string of the molecule is C/C=C(\C=C/Cc1ccc(N(c2ccc(C(C)(C)CCC)cc2)c2ccc3ccccc3c2)cc1)Nc1ccc(C(C)(C)CCCC)cc1.C=CC.CC/C=C1/C=CC=CC1. The molecule has 2 nitrogen and oxygen atoms in total. The molecule has 0 saturated carbocycles. The van der Waals surface area contributed by atoms with E-state index in [0.717, 1.165) is 42.0 Å². The molecular weight excluding hydrogens is 737 g/mol. The van der Waals surface area contributed by atoms with Gasteiger partial charge < -0.3 is 10.2 Å². The second-order valence-corrected chi connectivity index (χ2v) is 17.3. The Bertz CT molecular complexity index is 2220. The van der Waals surface area contributed by atoms with E-state index in [1.165, 1.54) is 70.8 Å². The van der Waals surface area contributed by atoms with Crippen molar-refractivity contribution in [2.24, 2.45) is 0 Å². The Kier molecular flexibility index (Phi) is 19.4. The first-order valence-corrected chi connectivity index (χ1v) is 22.8. The average molecular weight is 811 g/mol. The fourth-order valence-corrected chi connectivity index (χ4v) is 7.79. The van der Waals surface area contributed by atoms with Crippen LogP contribution in [0.4, 0.5) is 22.7 Å². The van der Waals surface area contributed by atoms with Crippen LogP contribution in [0.3, 0.4) is 0 Å². The van der Waals surface area contributed by atoms with Gasteiger partial charge in [0.05, 0.1) is 0 Å². The highest BCUT2D eigenvalue weighted by Crippen LogP contribution is 2.38. The number of anilines is 4. The van der Waals surface area contributed by atoms with Crippen LogP contribution in [0.1, 0.15) is 124 Å². The highest BCUT2D eigenvalue weighted by Gasteiger charge is 2.21. The molecule has 6 rings (SSSR count). The van der Waals surface area contributed by atoms with Gasteiger partial charge in [0.1, 0.15) is 0 Å². The van der Waals surface area contributed by atoms with E-state index in [4.69, 9.17) is 0 Å². The fraction of sp³-hybridized carbons (Fsp3) is 0.322. The van der Waals surface area contributed by atoms with Crippen molar-refractivity contribution in [3.63, 3.8) is 0 Å². The van der Waals surface area contributed by atoms with Crippen molar-refractivity contribution in [3.8, 4) is 0 Å². The minimum absolute atomic E-state index is 0.161. The molecule has 2 heteroatoms. The third-order valence-electron chi connectivity index (χ3n) is 11.4. The number of nitrogens with one attached hydrogen (secondary N) is 1. The molecule has 5 aromatic carbocycles. The maximum atomic E-state index is 3.60. The van der Waals surface area contributed by atoms with E-state index in [9.17, 15) is 0 Å². The van der Waals surface area contributed by atoms with Gasteiger partial charge in [-0.3, -0.25) is 0 Å². The molecule has 320 valence electrons. The molecule has 0 spiro atoms. The van der Waals surface area contributed by atoms with Crippen LogP contribution < -0.4 is 10.2 Å². The number of benzene rings is 5. The van der Waals surface area contributed by atoms with E-state index in [0.29, 0.717) is 0 Å². The largest absolute Gasteiger partial charge is 0.356 e. The van der Waals surface area contributed by atoms with Crippen LogP contribution in [0.15, 0.2) is 188 Å². The molecule has 0 aliphatic heterocycles. The zero-order chi connectivity index (χ0) is 44.1. The van der Waals surface area contributed by atoms with Gasteiger partial charge in [0.25, 0.3) is 0 Å². The Morgan fingerprint density at radius 1 is 0.689 bits per heavy atom. The zero-order valence-corrected chi connectivity index (χ0v) is 39.0. The lowest BCUT2D eigenvalue weighted by atomic mass is 9.80. The van der Waals surface area contributed by atoms with E-state index in [2.05, 4.69) is 236 Å². The Morgan fingerprint density at radius 3 is 1.85 bits per heavy atom. The third-order valence-corrected chi connectivity index (χ3v) is 11.4. The maximum absolute atomic E-state index is 3.60. The lowest BCUT2D eigenvalue weighted by Gasteiger charge is -2.28. The summed E-state index contributed by atoms with van der Waals surface area (Å²) in [5, 5.41) is 6.09. The normalized spacial score (nSPS) is 13.4. The monoisotopic (exact) mass is 811 g/mol. The van der Waals surface area contributed by atoms with E-state index < -0.39 is 0 Å². The molecule has 1 aliphatic carbocycles. The molecular formula is C59H74N2. The highest BCUT2D eigenvalue weighted by molar-refractivity contribution is 5.89. The second kappa shape index (κ2) is 24.6. The first-order valence-electron chi connectivity index (χ1n) is 22.8. The summed E-state index contributed by atoms with van der Waals surface area (Å²) in [4.78, 5) is 2.38. The van der Waals surface area contributed by atoms with Gasteiger partial charge in [-0.1, -0.05) is 183 Å². The molecule has 5 aromatic rings. The molecule has 0 saturated heterocycles. The standard InChI is InChI=1S/C47H56N2.C9H12.C3H6/c1-8-11-34-47(6,7)39-22-26-42(27-23-39)48-41(10-3)18-14-15-36-19-28-43(29-20-36)49(45-30-21-37-16-12-13-17-38(37)35-45)44-31-24-40(25-32-44)46(4,5)33-9-2;1-2-6-9-7-4-3-5-8-9;1-3-2/h10,12-14,16-32,35,48H,8-9,11,15,33-34H2,1-7H3;3-7H,2,8H2,1H3;3H,1H2,2H3/b18-14-,41-10+;9-6-;. The Balaban J connectivity index is 0.000000592. The van der Waals surface area contributed by atoms with Crippen LogP contribution in [0.5, 0.6) is 0 Å². The molecule has 1 N–H and O–H groups in total. The quantitative estimate of drug-likeness (QED) is 0.0789. The molecule has 0 unspecified atom stereocenters. The van der Waals surface area contributed by atoms with Gasteiger partial charge in [-0.15, -0.1) is 6.58 Å². The maximum Gasteiger partial charge on any atom is 0.0468 e. The van der Waals surface area contributed by atoms with Crippen molar-refractivity contribution < 1.29 is 0 Å². The van der Waals surface area contributed by atoms with Crippen LogP contribution in [0.2, 0.25) is 0 Å². The van der Waals surface area contributed by atoms with Crippen LogP contribution >= 0.6 is 0 Å². The molecule has 0 aromatic heterocycles. The van der Waals surface area contributed by atoms with Crippen LogP contribution in [-0.4, -0.2) is 0 Å². The van der Waals surface area contributed by atoms with Crippen molar-refractivity contribution in [2.75, 3.05) is 10.2 Å². The van der Waals surface area contributed by atoms with Gasteiger partial charge in [0, 0.05) is 28.4 Å². The third kappa shape index (κ3) is 14.8.